The molecule has 1 aromatic rings. The summed E-state index contributed by atoms with van der Waals surface area (Å²) >= 11 is 0. The highest BCUT2D eigenvalue weighted by molar-refractivity contribution is 5.86. The fourth-order valence-corrected chi connectivity index (χ4v) is 3.84. The molecule has 0 aromatic heterocycles. The van der Waals surface area contributed by atoms with Gasteiger partial charge in [-0.25, -0.2) is 4.79 Å². The van der Waals surface area contributed by atoms with Crippen LogP contribution in [-0.4, -0.2) is 53.3 Å². The van der Waals surface area contributed by atoms with Gasteiger partial charge in [0.2, 0.25) is 11.8 Å². The number of carbonyl (C=O) groups excluding carboxylic acids is 3. The molecule has 0 radical (unpaired) electrons. The first-order chi connectivity index (χ1) is 16.7. The van der Waals surface area contributed by atoms with Crippen LogP contribution in [0.3, 0.4) is 0 Å². The Balaban J connectivity index is 2.90. The zero-order valence-corrected chi connectivity index (χ0v) is 23.3. The summed E-state index contributed by atoms with van der Waals surface area (Å²) in [7, 11) is 0. The standard InChI is InChI=1S/C28H47N3O5/c1-9-20(10-2)30-24(33)17-21(27(3,4)5)25(34)29-18-23(32)22(16-19-14-12-11-13-15-19)31-26(35)36-28(6,7)8/h11-15,20-23,32H,9-10,16-18H2,1-8H3,(H,29,34)(H,30,33)(H,31,35)/t21-,22-,23+/m0/s1. The lowest BCUT2D eigenvalue weighted by molar-refractivity contribution is -0.134. The summed E-state index contributed by atoms with van der Waals surface area (Å²) < 4.78 is 5.37. The molecular weight excluding hydrogens is 458 g/mol. The molecule has 1 rings (SSSR count). The van der Waals surface area contributed by atoms with E-state index in [0.717, 1.165) is 18.4 Å². The van der Waals surface area contributed by atoms with Crippen LogP contribution in [-0.2, 0) is 20.7 Å². The lowest BCUT2D eigenvalue weighted by Gasteiger charge is -2.31. The minimum Gasteiger partial charge on any atom is -0.444 e. The van der Waals surface area contributed by atoms with E-state index in [4.69, 9.17) is 4.74 Å². The summed E-state index contributed by atoms with van der Waals surface area (Å²) in [5.74, 6) is -1.05. The maximum absolute atomic E-state index is 13.1. The van der Waals surface area contributed by atoms with Crippen molar-refractivity contribution in [2.24, 2.45) is 11.3 Å². The van der Waals surface area contributed by atoms with Crippen LogP contribution >= 0.6 is 0 Å². The summed E-state index contributed by atoms with van der Waals surface area (Å²) in [6, 6.07) is 8.87. The SMILES string of the molecule is CCC(CC)NC(=O)C[C@@H](C(=O)NC[C@@H](O)[C@H](Cc1ccccc1)NC(=O)OC(C)(C)C)C(C)(C)C. The zero-order chi connectivity index (χ0) is 27.5. The van der Waals surface area contributed by atoms with Crippen LogP contribution in [0.2, 0.25) is 0 Å². The van der Waals surface area contributed by atoms with Gasteiger partial charge in [-0.05, 0) is 51.0 Å². The van der Waals surface area contributed by atoms with E-state index >= 15 is 0 Å². The van der Waals surface area contributed by atoms with Crippen molar-refractivity contribution in [3.63, 3.8) is 0 Å². The molecule has 0 aliphatic heterocycles. The normalized spacial score (nSPS) is 14.5. The van der Waals surface area contributed by atoms with Crippen LogP contribution in [0, 0.1) is 11.3 Å². The van der Waals surface area contributed by atoms with Crippen molar-refractivity contribution in [3.05, 3.63) is 35.9 Å². The van der Waals surface area contributed by atoms with Crippen LogP contribution in [0.15, 0.2) is 30.3 Å². The molecule has 1 aromatic carbocycles. The van der Waals surface area contributed by atoms with Gasteiger partial charge in [0.25, 0.3) is 0 Å². The Bertz CT molecular complexity index is 826. The lowest BCUT2D eigenvalue weighted by Crippen LogP contribution is -2.52. The highest BCUT2D eigenvalue weighted by Crippen LogP contribution is 2.29. The van der Waals surface area contributed by atoms with Crippen LogP contribution < -0.4 is 16.0 Å². The molecular formula is C28H47N3O5. The van der Waals surface area contributed by atoms with E-state index in [9.17, 15) is 19.5 Å². The van der Waals surface area contributed by atoms with Gasteiger partial charge in [0.15, 0.2) is 0 Å². The molecule has 3 atom stereocenters. The molecule has 0 bridgehead atoms. The number of ether oxygens (including phenoxy) is 1. The fourth-order valence-electron chi connectivity index (χ4n) is 3.84. The third kappa shape index (κ3) is 11.9. The van der Waals surface area contributed by atoms with Crippen LogP contribution in [0.25, 0.3) is 0 Å². The summed E-state index contributed by atoms with van der Waals surface area (Å²) in [5, 5.41) is 19.5. The smallest absolute Gasteiger partial charge is 0.407 e. The topological polar surface area (TPSA) is 117 Å². The van der Waals surface area contributed by atoms with E-state index in [1.165, 1.54) is 0 Å². The molecule has 0 heterocycles. The fraction of sp³-hybridized carbons (Fsp3) is 0.679. The van der Waals surface area contributed by atoms with Gasteiger partial charge in [-0.15, -0.1) is 0 Å². The van der Waals surface area contributed by atoms with Crippen molar-refractivity contribution in [1.82, 2.24) is 16.0 Å². The zero-order valence-electron chi connectivity index (χ0n) is 23.3. The predicted molar refractivity (Wildman–Crippen MR) is 142 cm³/mol. The second-order valence-corrected chi connectivity index (χ2v) is 11.5. The van der Waals surface area contributed by atoms with Gasteiger partial charge in [0.1, 0.15) is 5.60 Å². The first kappa shape index (κ1) is 31.4. The number of aliphatic hydroxyl groups is 1. The largest absolute Gasteiger partial charge is 0.444 e. The van der Waals surface area contributed by atoms with Crippen molar-refractivity contribution in [3.8, 4) is 0 Å². The van der Waals surface area contributed by atoms with Gasteiger partial charge < -0.3 is 25.8 Å². The maximum Gasteiger partial charge on any atom is 0.407 e. The summed E-state index contributed by atoms with van der Waals surface area (Å²) in [6.45, 7) is 15.0. The van der Waals surface area contributed by atoms with E-state index in [-0.39, 0.29) is 30.8 Å². The Kier molecular flexibility index (Phi) is 12.4. The molecule has 0 saturated carbocycles. The van der Waals surface area contributed by atoms with E-state index in [1.807, 2.05) is 65.0 Å². The molecule has 8 nitrogen and oxygen atoms in total. The molecule has 36 heavy (non-hydrogen) atoms. The Morgan fingerprint density at radius 1 is 0.944 bits per heavy atom. The van der Waals surface area contributed by atoms with Gasteiger partial charge in [-0.2, -0.15) is 0 Å². The van der Waals surface area contributed by atoms with Gasteiger partial charge in [0.05, 0.1) is 18.1 Å². The number of alkyl carbamates (subject to hydrolysis) is 1. The van der Waals surface area contributed by atoms with Gasteiger partial charge in [0, 0.05) is 19.0 Å². The molecule has 0 fully saturated rings. The summed E-state index contributed by atoms with van der Waals surface area (Å²) in [4.78, 5) is 38.2. The molecule has 4 N–H and O–H groups in total. The average Bonchev–Trinajstić information content (AvgIpc) is 2.77. The molecule has 0 aliphatic rings. The first-order valence-corrected chi connectivity index (χ1v) is 12.9. The second kappa shape index (κ2) is 14.2. The summed E-state index contributed by atoms with van der Waals surface area (Å²) in [6.07, 6.45) is 0.367. The third-order valence-corrected chi connectivity index (χ3v) is 6.05. The highest BCUT2D eigenvalue weighted by atomic mass is 16.6. The number of hydrogen-bond acceptors (Lipinski definition) is 5. The predicted octanol–water partition coefficient (Wildman–Crippen LogP) is 3.96. The number of hydrogen-bond donors (Lipinski definition) is 4. The average molecular weight is 506 g/mol. The number of nitrogens with one attached hydrogen (secondary N) is 3. The van der Waals surface area contributed by atoms with Crippen molar-refractivity contribution in [1.29, 1.82) is 0 Å². The Hall–Kier alpha value is -2.61. The molecule has 3 amide bonds. The number of amides is 3. The van der Waals surface area contributed by atoms with Gasteiger partial charge in [-0.1, -0.05) is 65.0 Å². The quantitative estimate of drug-likeness (QED) is 0.343. The molecule has 0 aliphatic carbocycles. The van der Waals surface area contributed by atoms with Gasteiger partial charge >= 0.3 is 6.09 Å². The first-order valence-electron chi connectivity index (χ1n) is 12.9. The van der Waals surface area contributed by atoms with E-state index in [1.54, 1.807) is 20.8 Å². The van der Waals surface area contributed by atoms with Crippen molar-refractivity contribution in [2.75, 3.05) is 6.54 Å². The van der Waals surface area contributed by atoms with E-state index < -0.39 is 35.2 Å². The lowest BCUT2D eigenvalue weighted by atomic mass is 9.78. The molecule has 0 saturated heterocycles. The monoisotopic (exact) mass is 505 g/mol. The third-order valence-electron chi connectivity index (χ3n) is 6.05. The Labute approximate surface area is 217 Å². The molecule has 8 heteroatoms. The number of rotatable bonds is 12. The Morgan fingerprint density at radius 2 is 1.53 bits per heavy atom. The van der Waals surface area contributed by atoms with Crippen LogP contribution in [0.4, 0.5) is 4.79 Å². The number of carbonyl (C=O) groups is 3. The van der Waals surface area contributed by atoms with E-state index in [2.05, 4.69) is 16.0 Å². The van der Waals surface area contributed by atoms with E-state index in [0.29, 0.717) is 6.42 Å². The minimum absolute atomic E-state index is 0.0610. The van der Waals surface area contributed by atoms with Crippen molar-refractivity contribution in [2.45, 2.75) is 105 Å². The second-order valence-electron chi connectivity index (χ2n) is 11.5. The Morgan fingerprint density at radius 3 is 2.03 bits per heavy atom. The molecule has 0 spiro atoms. The minimum atomic E-state index is -1.07. The van der Waals surface area contributed by atoms with Crippen molar-refractivity contribution >= 4 is 17.9 Å². The highest BCUT2D eigenvalue weighted by Gasteiger charge is 2.34. The summed E-state index contributed by atoms with van der Waals surface area (Å²) in [5.41, 5.74) is -0.219. The van der Waals surface area contributed by atoms with Crippen molar-refractivity contribution < 1.29 is 24.2 Å². The van der Waals surface area contributed by atoms with Crippen LogP contribution in [0.5, 0.6) is 0 Å². The van der Waals surface area contributed by atoms with Crippen LogP contribution in [0.1, 0.15) is 80.2 Å². The molecule has 204 valence electrons. The maximum atomic E-state index is 13.1. The van der Waals surface area contributed by atoms with Gasteiger partial charge in [-0.3, -0.25) is 9.59 Å². The molecule has 0 unspecified atom stereocenters. The number of benzene rings is 1. The number of aliphatic hydroxyl groups excluding tert-OH is 1.